The maximum atomic E-state index is 5.68. The fourth-order valence-electron chi connectivity index (χ4n) is 2.66. The Balaban J connectivity index is 2.59. The summed E-state index contributed by atoms with van der Waals surface area (Å²) in [6.45, 7) is 14.1. The Morgan fingerprint density at radius 3 is 2.35 bits per heavy atom. The minimum absolute atomic E-state index is 0.348. The zero-order valence-corrected chi connectivity index (χ0v) is 14.1. The molecule has 0 unspecified atom stereocenters. The van der Waals surface area contributed by atoms with Crippen LogP contribution in [0, 0.1) is 12.3 Å². The van der Waals surface area contributed by atoms with Gasteiger partial charge in [-0.1, -0.05) is 27.7 Å². The molecule has 1 aromatic heterocycles. The van der Waals surface area contributed by atoms with Gasteiger partial charge >= 0.3 is 0 Å². The molecule has 1 rings (SSSR count). The summed E-state index contributed by atoms with van der Waals surface area (Å²) >= 11 is 0. The highest BCUT2D eigenvalue weighted by molar-refractivity contribution is 5.05. The van der Waals surface area contributed by atoms with Crippen molar-refractivity contribution >= 4 is 0 Å². The number of hydrogen-bond acceptors (Lipinski definition) is 3. The summed E-state index contributed by atoms with van der Waals surface area (Å²) in [6, 6.07) is 4.67. The van der Waals surface area contributed by atoms with Gasteiger partial charge in [0, 0.05) is 19.1 Å². The molecule has 1 aromatic rings. The minimum atomic E-state index is 0.348. The number of rotatable bonds is 9. The normalized spacial score (nSPS) is 12.6. The maximum absolute atomic E-state index is 5.68. The molecule has 0 bridgehead atoms. The summed E-state index contributed by atoms with van der Waals surface area (Å²) in [5.74, 6) is 2.05. The third-order valence-corrected chi connectivity index (χ3v) is 4.21. The van der Waals surface area contributed by atoms with Crippen LogP contribution in [0.5, 0.6) is 0 Å². The van der Waals surface area contributed by atoms with Crippen molar-refractivity contribution < 1.29 is 4.42 Å². The highest BCUT2D eigenvalue weighted by atomic mass is 16.3. The van der Waals surface area contributed by atoms with Crippen molar-refractivity contribution in [2.75, 3.05) is 20.1 Å². The summed E-state index contributed by atoms with van der Waals surface area (Å²) in [6.07, 6.45) is 2.40. The minimum Gasteiger partial charge on any atom is -0.465 e. The van der Waals surface area contributed by atoms with Crippen molar-refractivity contribution in [1.29, 1.82) is 0 Å². The van der Waals surface area contributed by atoms with Gasteiger partial charge in [0.1, 0.15) is 11.5 Å². The first-order chi connectivity index (χ1) is 9.40. The zero-order valence-electron chi connectivity index (χ0n) is 14.1. The molecule has 0 aliphatic heterocycles. The maximum Gasteiger partial charge on any atom is 0.118 e. The van der Waals surface area contributed by atoms with Gasteiger partial charge in [0.2, 0.25) is 0 Å². The van der Waals surface area contributed by atoms with Crippen LogP contribution in [0.4, 0.5) is 0 Å². The fraction of sp³-hybridized carbons (Fsp3) is 0.765. The van der Waals surface area contributed by atoms with E-state index >= 15 is 0 Å². The molecule has 0 saturated carbocycles. The lowest BCUT2D eigenvalue weighted by Crippen LogP contribution is -2.44. The van der Waals surface area contributed by atoms with Crippen LogP contribution in [0.3, 0.4) is 0 Å². The van der Waals surface area contributed by atoms with Crippen LogP contribution in [0.15, 0.2) is 16.5 Å². The molecule has 116 valence electrons. The number of nitrogens with one attached hydrogen (secondary N) is 1. The summed E-state index contributed by atoms with van der Waals surface area (Å²) in [5, 5.41) is 3.61. The molecule has 3 heteroatoms. The van der Waals surface area contributed by atoms with E-state index in [0.29, 0.717) is 11.5 Å². The van der Waals surface area contributed by atoms with Crippen LogP contribution in [-0.4, -0.2) is 31.1 Å². The largest absolute Gasteiger partial charge is 0.465 e. The van der Waals surface area contributed by atoms with Crippen LogP contribution < -0.4 is 5.32 Å². The van der Waals surface area contributed by atoms with Gasteiger partial charge in [-0.3, -0.25) is 4.90 Å². The standard InChI is InChI=1S/C17H32N2O/c1-7-17(8-2,12-18-14(3)4)13-19(6)11-16-10-9-15(5)20-16/h9-10,14,18H,7-8,11-13H2,1-6H3. The van der Waals surface area contributed by atoms with Crippen molar-refractivity contribution in [3.05, 3.63) is 23.7 Å². The third-order valence-electron chi connectivity index (χ3n) is 4.21. The summed E-state index contributed by atoms with van der Waals surface area (Å²) in [4.78, 5) is 2.38. The van der Waals surface area contributed by atoms with E-state index in [2.05, 4.69) is 51.0 Å². The van der Waals surface area contributed by atoms with Gasteiger partial charge in [-0.2, -0.15) is 0 Å². The van der Waals surface area contributed by atoms with E-state index in [9.17, 15) is 0 Å². The fourth-order valence-corrected chi connectivity index (χ4v) is 2.66. The molecule has 20 heavy (non-hydrogen) atoms. The van der Waals surface area contributed by atoms with Crippen LogP contribution in [0.1, 0.15) is 52.1 Å². The average Bonchev–Trinajstić information content (AvgIpc) is 2.79. The van der Waals surface area contributed by atoms with Crippen molar-refractivity contribution in [1.82, 2.24) is 10.2 Å². The van der Waals surface area contributed by atoms with E-state index in [4.69, 9.17) is 4.42 Å². The molecule has 0 radical (unpaired) electrons. The van der Waals surface area contributed by atoms with Gasteiger partial charge < -0.3 is 9.73 Å². The molecule has 1 N–H and O–H groups in total. The number of aryl methyl sites for hydroxylation is 1. The predicted molar refractivity (Wildman–Crippen MR) is 85.9 cm³/mol. The lowest BCUT2D eigenvalue weighted by molar-refractivity contribution is 0.141. The van der Waals surface area contributed by atoms with Gasteiger partial charge in [-0.15, -0.1) is 0 Å². The van der Waals surface area contributed by atoms with Gasteiger partial charge in [-0.25, -0.2) is 0 Å². The summed E-state index contributed by atoms with van der Waals surface area (Å²) < 4.78 is 5.68. The molecule has 0 aliphatic carbocycles. The van der Waals surface area contributed by atoms with E-state index in [0.717, 1.165) is 31.2 Å². The first-order valence-electron chi connectivity index (χ1n) is 7.88. The average molecular weight is 280 g/mol. The second kappa shape index (κ2) is 7.84. The molecule has 0 fully saturated rings. The van der Waals surface area contributed by atoms with Gasteiger partial charge in [0.25, 0.3) is 0 Å². The summed E-state index contributed by atoms with van der Waals surface area (Å²) in [7, 11) is 2.19. The van der Waals surface area contributed by atoms with Crippen LogP contribution in [-0.2, 0) is 6.54 Å². The Morgan fingerprint density at radius 1 is 1.25 bits per heavy atom. The van der Waals surface area contributed by atoms with Crippen molar-refractivity contribution in [3.8, 4) is 0 Å². The van der Waals surface area contributed by atoms with E-state index in [1.807, 2.05) is 13.0 Å². The molecular weight excluding hydrogens is 248 g/mol. The van der Waals surface area contributed by atoms with E-state index < -0.39 is 0 Å². The van der Waals surface area contributed by atoms with Crippen molar-refractivity contribution in [2.45, 2.75) is 60.0 Å². The smallest absolute Gasteiger partial charge is 0.118 e. The molecule has 3 nitrogen and oxygen atoms in total. The number of hydrogen-bond donors (Lipinski definition) is 1. The first-order valence-corrected chi connectivity index (χ1v) is 7.88. The Morgan fingerprint density at radius 2 is 1.90 bits per heavy atom. The predicted octanol–water partition coefficient (Wildman–Crippen LogP) is 3.82. The highest BCUT2D eigenvalue weighted by Crippen LogP contribution is 2.27. The van der Waals surface area contributed by atoms with Gasteiger partial charge in [-0.05, 0) is 44.4 Å². The first kappa shape index (κ1) is 17.3. The summed E-state index contributed by atoms with van der Waals surface area (Å²) in [5.41, 5.74) is 0.348. The molecule has 1 heterocycles. The van der Waals surface area contributed by atoms with Gasteiger partial charge in [0.05, 0.1) is 6.54 Å². The Bertz CT molecular complexity index is 380. The quantitative estimate of drug-likeness (QED) is 0.745. The molecule has 0 atom stereocenters. The van der Waals surface area contributed by atoms with Crippen LogP contribution in [0.2, 0.25) is 0 Å². The van der Waals surface area contributed by atoms with Crippen molar-refractivity contribution in [3.63, 3.8) is 0 Å². The Kier molecular flexibility index (Phi) is 6.77. The van der Waals surface area contributed by atoms with E-state index in [1.54, 1.807) is 0 Å². The second-order valence-corrected chi connectivity index (χ2v) is 6.43. The zero-order chi connectivity index (χ0) is 15.2. The molecule has 0 aromatic carbocycles. The molecule has 0 amide bonds. The monoisotopic (exact) mass is 280 g/mol. The highest BCUT2D eigenvalue weighted by Gasteiger charge is 2.28. The third kappa shape index (κ3) is 5.29. The van der Waals surface area contributed by atoms with E-state index in [1.165, 1.54) is 12.8 Å². The second-order valence-electron chi connectivity index (χ2n) is 6.43. The molecule has 0 aliphatic rings. The lowest BCUT2D eigenvalue weighted by Gasteiger charge is -2.36. The van der Waals surface area contributed by atoms with Gasteiger partial charge in [0.15, 0.2) is 0 Å². The molecule has 0 saturated heterocycles. The van der Waals surface area contributed by atoms with Crippen LogP contribution >= 0.6 is 0 Å². The number of furan rings is 1. The lowest BCUT2D eigenvalue weighted by atomic mass is 9.81. The topological polar surface area (TPSA) is 28.4 Å². The Hall–Kier alpha value is -0.800. The molecule has 0 spiro atoms. The van der Waals surface area contributed by atoms with E-state index in [-0.39, 0.29) is 0 Å². The Labute approximate surface area is 124 Å². The number of nitrogens with zero attached hydrogens (tertiary/aromatic N) is 1. The van der Waals surface area contributed by atoms with Crippen LogP contribution in [0.25, 0.3) is 0 Å². The molecular formula is C17H32N2O. The van der Waals surface area contributed by atoms with Crippen molar-refractivity contribution in [2.24, 2.45) is 5.41 Å². The SMILES string of the molecule is CCC(CC)(CNC(C)C)CN(C)Cc1ccc(C)o1.